The first-order valence-corrected chi connectivity index (χ1v) is 7.42. The van der Waals surface area contributed by atoms with Gasteiger partial charge in [-0.1, -0.05) is 12.1 Å². The molecule has 1 aliphatic heterocycles. The minimum atomic E-state index is -0.0704. The molecule has 1 aromatic rings. The first kappa shape index (κ1) is 15.6. The Hall–Kier alpha value is -1.75. The highest BCUT2D eigenvalue weighted by molar-refractivity contribution is 6.27. The number of halogens is 1. The van der Waals surface area contributed by atoms with Crippen molar-refractivity contribution in [2.45, 2.75) is 6.42 Å². The molecular weight excluding hydrogens is 292 g/mol. The second kappa shape index (κ2) is 7.31. The van der Waals surface area contributed by atoms with Gasteiger partial charge in [-0.3, -0.25) is 9.59 Å². The van der Waals surface area contributed by atoms with Crippen molar-refractivity contribution in [3.8, 4) is 5.75 Å². The van der Waals surface area contributed by atoms with Crippen LogP contribution in [-0.4, -0.2) is 60.8 Å². The molecule has 0 aliphatic carbocycles. The van der Waals surface area contributed by atoms with E-state index in [4.69, 9.17) is 16.3 Å². The van der Waals surface area contributed by atoms with Crippen LogP contribution in [0.5, 0.6) is 5.75 Å². The lowest BCUT2D eigenvalue weighted by Crippen LogP contribution is -2.51. The van der Waals surface area contributed by atoms with Gasteiger partial charge in [0.2, 0.25) is 11.8 Å². The summed E-state index contributed by atoms with van der Waals surface area (Å²) in [5.74, 6) is 0.788. The SMILES string of the molecule is COc1ccc(CC(=O)N2CCN(C(=O)CCl)CC2)cc1. The van der Waals surface area contributed by atoms with Crippen LogP contribution in [0.3, 0.4) is 0 Å². The lowest BCUT2D eigenvalue weighted by Gasteiger charge is -2.34. The predicted molar refractivity (Wildman–Crippen MR) is 80.6 cm³/mol. The second-order valence-corrected chi connectivity index (χ2v) is 5.19. The van der Waals surface area contributed by atoms with Crippen LogP contribution in [0.2, 0.25) is 0 Å². The van der Waals surface area contributed by atoms with Gasteiger partial charge in [0.05, 0.1) is 13.5 Å². The third-order valence-corrected chi connectivity index (χ3v) is 3.84. The molecule has 0 atom stereocenters. The van der Waals surface area contributed by atoms with E-state index < -0.39 is 0 Å². The van der Waals surface area contributed by atoms with Gasteiger partial charge in [0, 0.05) is 26.2 Å². The van der Waals surface area contributed by atoms with Gasteiger partial charge in [-0.15, -0.1) is 11.6 Å². The molecule has 0 radical (unpaired) electrons. The van der Waals surface area contributed by atoms with Crippen molar-refractivity contribution in [1.82, 2.24) is 9.80 Å². The zero-order valence-corrected chi connectivity index (χ0v) is 12.8. The highest BCUT2D eigenvalue weighted by Crippen LogP contribution is 2.13. The van der Waals surface area contributed by atoms with E-state index in [-0.39, 0.29) is 17.7 Å². The highest BCUT2D eigenvalue weighted by atomic mass is 35.5. The van der Waals surface area contributed by atoms with Crippen LogP contribution in [0.25, 0.3) is 0 Å². The summed E-state index contributed by atoms with van der Waals surface area (Å²) in [7, 11) is 1.61. The average molecular weight is 311 g/mol. The van der Waals surface area contributed by atoms with Crippen molar-refractivity contribution >= 4 is 23.4 Å². The number of nitrogens with zero attached hydrogens (tertiary/aromatic N) is 2. The maximum absolute atomic E-state index is 12.2. The van der Waals surface area contributed by atoms with Gasteiger partial charge in [0.25, 0.3) is 0 Å². The summed E-state index contributed by atoms with van der Waals surface area (Å²) >= 11 is 5.53. The first-order valence-electron chi connectivity index (χ1n) is 6.88. The van der Waals surface area contributed by atoms with Crippen LogP contribution < -0.4 is 4.74 Å². The number of amides is 2. The summed E-state index contributed by atoms with van der Waals surface area (Å²) in [5.41, 5.74) is 0.958. The summed E-state index contributed by atoms with van der Waals surface area (Å²) in [5, 5.41) is 0. The topological polar surface area (TPSA) is 49.9 Å². The fraction of sp³-hybridized carbons (Fsp3) is 0.467. The van der Waals surface area contributed by atoms with Crippen LogP contribution in [0, 0.1) is 0 Å². The first-order chi connectivity index (χ1) is 10.1. The molecule has 0 aromatic heterocycles. The van der Waals surface area contributed by atoms with E-state index in [1.807, 2.05) is 24.3 Å². The number of carbonyl (C=O) groups is 2. The van der Waals surface area contributed by atoms with Crippen LogP contribution in [0.4, 0.5) is 0 Å². The van der Waals surface area contributed by atoms with Crippen LogP contribution in [0.15, 0.2) is 24.3 Å². The van der Waals surface area contributed by atoms with Gasteiger partial charge in [0.15, 0.2) is 0 Å². The fourth-order valence-corrected chi connectivity index (χ4v) is 2.49. The van der Waals surface area contributed by atoms with E-state index in [2.05, 4.69) is 0 Å². The number of benzene rings is 1. The molecule has 1 heterocycles. The third kappa shape index (κ3) is 4.11. The van der Waals surface area contributed by atoms with E-state index in [0.29, 0.717) is 32.6 Å². The lowest BCUT2D eigenvalue weighted by atomic mass is 10.1. The fourth-order valence-electron chi connectivity index (χ4n) is 2.32. The highest BCUT2D eigenvalue weighted by Gasteiger charge is 2.23. The number of rotatable bonds is 4. The van der Waals surface area contributed by atoms with Gasteiger partial charge in [-0.2, -0.15) is 0 Å². The van der Waals surface area contributed by atoms with Gasteiger partial charge in [0.1, 0.15) is 11.6 Å². The summed E-state index contributed by atoms with van der Waals surface area (Å²) in [6.07, 6.45) is 0.368. The Morgan fingerprint density at radius 3 is 2.05 bits per heavy atom. The van der Waals surface area contributed by atoms with Gasteiger partial charge in [-0.25, -0.2) is 0 Å². The maximum Gasteiger partial charge on any atom is 0.237 e. The molecule has 0 unspecified atom stereocenters. The Labute approximate surface area is 129 Å². The standard InChI is InChI=1S/C15H19ClN2O3/c1-21-13-4-2-12(3-5-13)10-14(19)17-6-8-18(9-7-17)15(20)11-16/h2-5H,6-11H2,1H3. The summed E-state index contributed by atoms with van der Waals surface area (Å²) in [6, 6.07) is 7.48. The van der Waals surface area contributed by atoms with Crippen LogP contribution >= 0.6 is 11.6 Å². The minimum absolute atomic E-state index is 0.000204. The predicted octanol–water partition coefficient (Wildman–Crippen LogP) is 1.15. The molecule has 1 saturated heterocycles. The average Bonchev–Trinajstić information content (AvgIpc) is 2.55. The van der Waals surface area contributed by atoms with Crippen molar-refractivity contribution in [3.05, 3.63) is 29.8 Å². The molecule has 6 heteroatoms. The zero-order valence-electron chi connectivity index (χ0n) is 12.0. The Morgan fingerprint density at radius 2 is 1.57 bits per heavy atom. The van der Waals surface area contributed by atoms with E-state index in [1.165, 1.54) is 0 Å². The number of carbonyl (C=O) groups excluding carboxylic acids is 2. The molecule has 5 nitrogen and oxygen atoms in total. The Bertz CT molecular complexity index is 496. The normalized spacial score (nSPS) is 15.0. The minimum Gasteiger partial charge on any atom is -0.497 e. The third-order valence-electron chi connectivity index (χ3n) is 3.61. The largest absolute Gasteiger partial charge is 0.497 e. The van der Waals surface area contributed by atoms with E-state index in [9.17, 15) is 9.59 Å². The summed E-state index contributed by atoms with van der Waals surface area (Å²) < 4.78 is 5.09. The molecule has 0 saturated carbocycles. The molecular formula is C15H19ClN2O3. The maximum atomic E-state index is 12.2. The molecule has 0 spiro atoms. The molecule has 0 N–H and O–H groups in total. The van der Waals surface area contributed by atoms with E-state index in [1.54, 1.807) is 16.9 Å². The number of hydrogen-bond acceptors (Lipinski definition) is 3. The zero-order chi connectivity index (χ0) is 15.2. The van der Waals surface area contributed by atoms with Crippen molar-refractivity contribution in [2.24, 2.45) is 0 Å². The van der Waals surface area contributed by atoms with E-state index in [0.717, 1.165) is 11.3 Å². The summed E-state index contributed by atoms with van der Waals surface area (Å²) in [4.78, 5) is 27.2. The number of hydrogen-bond donors (Lipinski definition) is 0. The van der Waals surface area contributed by atoms with Crippen molar-refractivity contribution in [2.75, 3.05) is 39.2 Å². The lowest BCUT2D eigenvalue weighted by molar-refractivity contribution is -0.137. The van der Waals surface area contributed by atoms with E-state index >= 15 is 0 Å². The molecule has 1 aromatic carbocycles. The molecule has 114 valence electrons. The Kier molecular flexibility index (Phi) is 5.44. The second-order valence-electron chi connectivity index (χ2n) is 4.92. The number of piperazine rings is 1. The van der Waals surface area contributed by atoms with Gasteiger partial charge >= 0.3 is 0 Å². The van der Waals surface area contributed by atoms with Crippen LogP contribution in [0.1, 0.15) is 5.56 Å². The monoisotopic (exact) mass is 310 g/mol. The van der Waals surface area contributed by atoms with Crippen molar-refractivity contribution in [3.63, 3.8) is 0 Å². The number of ether oxygens (including phenoxy) is 1. The van der Waals surface area contributed by atoms with Gasteiger partial charge in [-0.05, 0) is 17.7 Å². The quantitative estimate of drug-likeness (QED) is 0.784. The molecule has 1 fully saturated rings. The molecule has 21 heavy (non-hydrogen) atoms. The molecule has 2 rings (SSSR count). The Morgan fingerprint density at radius 1 is 1.05 bits per heavy atom. The number of alkyl halides is 1. The van der Waals surface area contributed by atoms with Crippen LogP contribution in [-0.2, 0) is 16.0 Å². The Balaban J connectivity index is 1.85. The van der Waals surface area contributed by atoms with Gasteiger partial charge < -0.3 is 14.5 Å². The molecule has 1 aliphatic rings. The number of methoxy groups -OCH3 is 1. The molecule has 2 amide bonds. The molecule has 0 bridgehead atoms. The smallest absolute Gasteiger partial charge is 0.237 e. The van der Waals surface area contributed by atoms with Crippen molar-refractivity contribution in [1.29, 1.82) is 0 Å². The summed E-state index contributed by atoms with van der Waals surface area (Å²) in [6.45, 7) is 2.25. The van der Waals surface area contributed by atoms with Crippen molar-refractivity contribution < 1.29 is 14.3 Å².